The number of carbonyl (C=O) groups is 1. The van der Waals surface area contributed by atoms with Gasteiger partial charge in [-0.1, -0.05) is 30.3 Å². The fraction of sp³-hybridized carbons (Fsp3) is 0.588. The number of nitrogens with one attached hydrogen (secondary N) is 2. The standard InChI is InChI=1S/C12H17NO.C5H11NO2/c1-2-5-11(6-3-1)10-14-12-7-4-8-13-9-12;1-5(2,3)6-4(7)8/h1-3,5-6,12-13H,4,7-10H2;6H,1-3H3,(H,7,8)/t12-;/m0./s1. The Morgan fingerprint density at radius 1 is 1.36 bits per heavy atom. The Bertz CT molecular complexity index is 423. The fourth-order valence-electron chi connectivity index (χ4n) is 2.07. The van der Waals surface area contributed by atoms with Gasteiger partial charge in [-0.05, 0) is 45.7 Å². The lowest BCUT2D eigenvalue weighted by Gasteiger charge is -2.23. The van der Waals surface area contributed by atoms with E-state index < -0.39 is 6.09 Å². The van der Waals surface area contributed by atoms with Crippen molar-refractivity contribution in [1.29, 1.82) is 0 Å². The number of piperidine rings is 1. The van der Waals surface area contributed by atoms with E-state index in [1.54, 1.807) is 20.8 Å². The minimum atomic E-state index is -0.975. The van der Waals surface area contributed by atoms with E-state index in [0.717, 1.165) is 19.7 Å². The molecule has 5 heteroatoms. The molecule has 1 fully saturated rings. The van der Waals surface area contributed by atoms with Crippen LogP contribution in [0.2, 0.25) is 0 Å². The van der Waals surface area contributed by atoms with Gasteiger partial charge < -0.3 is 20.5 Å². The molecule has 0 unspecified atom stereocenters. The maximum Gasteiger partial charge on any atom is 0.405 e. The largest absolute Gasteiger partial charge is 0.465 e. The molecule has 1 aromatic rings. The zero-order valence-electron chi connectivity index (χ0n) is 13.8. The molecule has 1 heterocycles. The Morgan fingerprint density at radius 3 is 2.50 bits per heavy atom. The molecule has 0 spiro atoms. The highest BCUT2D eigenvalue weighted by atomic mass is 16.5. The third-order valence-electron chi connectivity index (χ3n) is 3.06. The normalized spacial score (nSPS) is 18.0. The average Bonchev–Trinajstić information content (AvgIpc) is 2.45. The summed E-state index contributed by atoms with van der Waals surface area (Å²) in [6.07, 6.45) is 1.86. The number of rotatable bonds is 3. The first-order valence-electron chi connectivity index (χ1n) is 7.74. The average molecular weight is 308 g/mol. The van der Waals surface area contributed by atoms with E-state index in [-0.39, 0.29) is 5.54 Å². The molecule has 1 amide bonds. The lowest BCUT2D eigenvalue weighted by Crippen LogP contribution is -2.39. The van der Waals surface area contributed by atoms with Gasteiger partial charge in [0.1, 0.15) is 0 Å². The van der Waals surface area contributed by atoms with Crippen LogP contribution in [0.25, 0.3) is 0 Å². The van der Waals surface area contributed by atoms with E-state index in [0.29, 0.717) is 6.10 Å². The highest BCUT2D eigenvalue weighted by Gasteiger charge is 2.12. The summed E-state index contributed by atoms with van der Waals surface area (Å²) in [5.41, 5.74) is 0.935. The second-order valence-corrected chi connectivity index (χ2v) is 6.45. The van der Waals surface area contributed by atoms with Gasteiger partial charge in [0.25, 0.3) is 0 Å². The maximum atomic E-state index is 9.90. The third kappa shape index (κ3) is 9.37. The summed E-state index contributed by atoms with van der Waals surface area (Å²) in [4.78, 5) is 9.90. The summed E-state index contributed by atoms with van der Waals surface area (Å²) >= 11 is 0. The number of carboxylic acid groups (broad SMARTS) is 1. The first kappa shape index (κ1) is 18.5. The monoisotopic (exact) mass is 308 g/mol. The molecule has 0 saturated carbocycles. The number of ether oxygens (including phenoxy) is 1. The summed E-state index contributed by atoms with van der Waals surface area (Å²) in [7, 11) is 0. The first-order chi connectivity index (χ1) is 10.4. The number of hydrogen-bond donors (Lipinski definition) is 3. The zero-order valence-corrected chi connectivity index (χ0v) is 13.8. The van der Waals surface area contributed by atoms with E-state index in [2.05, 4.69) is 34.9 Å². The lowest BCUT2D eigenvalue weighted by atomic mass is 10.1. The van der Waals surface area contributed by atoms with Gasteiger partial charge in [0.15, 0.2) is 0 Å². The van der Waals surface area contributed by atoms with Crippen LogP contribution in [0.3, 0.4) is 0 Å². The minimum absolute atomic E-state index is 0.328. The summed E-state index contributed by atoms with van der Waals surface area (Å²) in [6.45, 7) is 8.27. The van der Waals surface area contributed by atoms with Gasteiger partial charge in [-0.3, -0.25) is 0 Å². The van der Waals surface area contributed by atoms with Gasteiger partial charge in [-0.15, -0.1) is 0 Å². The van der Waals surface area contributed by atoms with E-state index in [1.807, 2.05) is 6.07 Å². The van der Waals surface area contributed by atoms with Crippen LogP contribution in [0.15, 0.2) is 30.3 Å². The number of amides is 1. The van der Waals surface area contributed by atoms with E-state index in [4.69, 9.17) is 9.84 Å². The van der Waals surface area contributed by atoms with Crippen molar-refractivity contribution in [1.82, 2.24) is 10.6 Å². The molecule has 1 aliphatic rings. The molecule has 124 valence electrons. The molecule has 2 rings (SSSR count). The topological polar surface area (TPSA) is 70.6 Å². The van der Waals surface area contributed by atoms with Crippen molar-refractivity contribution in [3.63, 3.8) is 0 Å². The second kappa shape index (κ2) is 9.43. The predicted molar refractivity (Wildman–Crippen MR) is 88.0 cm³/mol. The van der Waals surface area contributed by atoms with Crippen LogP contribution in [-0.2, 0) is 11.3 Å². The van der Waals surface area contributed by atoms with Crippen molar-refractivity contribution in [3.05, 3.63) is 35.9 Å². The van der Waals surface area contributed by atoms with Crippen molar-refractivity contribution >= 4 is 6.09 Å². The molecule has 3 N–H and O–H groups in total. The van der Waals surface area contributed by atoms with Crippen LogP contribution >= 0.6 is 0 Å². The number of hydrogen-bond acceptors (Lipinski definition) is 3. The minimum Gasteiger partial charge on any atom is -0.465 e. The first-order valence-corrected chi connectivity index (χ1v) is 7.74. The SMILES string of the molecule is CC(C)(C)NC(=O)O.c1ccc(CO[C@H]2CCCNC2)cc1. The third-order valence-corrected chi connectivity index (χ3v) is 3.06. The molecule has 0 bridgehead atoms. The summed E-state index contributed by atoms with van der Waals surface area (Å²) in [5.74, 6) is 0. The summed E-state index contributed by atoms with van der Waals surface area (Å²) in [6, 6.07) is 10.4. The van der Waals surface area contributed by atoms with Crippen molar-refractivity contribution in [2.75, 3.05) is 13.1 Å². The van der Waals surface area contributed by atoms with Crippen LogP contribution in [-0.4, -0.2) is 35.9 Å². The van der Waals surface area contributed by atoms with Crippen LogP contribution in [0.4, 0.5) is 4.79 Å². The highest BCUT2D eigenvalue weighted by molar-refractivity contribution is 5.65. The van der Waals surface area contributed by atoms with Crippen LogP contribution in [0.5, 0.6) is 0 Å². The van der Waals surface area contributed by atoms with E-state index in [1.165, 1.54) is 18.4 Å². The van der Waals surface area contributed by atoms with E-state index in [9.17, 15) is 4.79 Å². The summed E-state index contributed by atoms with van der Waals surface area (Å²) < 4.78 is 5.81. The van der Waals surface area contributed by atoms with Gasteiger partial charge in [-0.25, -0.2) is 4.79 Å². The fourth-order valence-corrected chi connectivity index (χ4v) is 2.07. The second-order valence-electron chi connectivity index (χ2n) is 6.45. The molecule has 1 aromatic carbocycles. The molecule has 0 aromatic heterocycles. The van der Waals surface area contributed by atoms with Gasteiger partial charge in [0.2, 0.25) is 0 Å². The Hall–Kier alpha value is -1.59. The molecule has 0 aliphatic carbocycles. The van der Waals surface area contributed by atoms with Crippen molar-refractivity contribution in [2.45, 2.75) is 51.9 Å². The molecule has 1 aliphatic heterocycles. The molecular formula is C17H28N2O3. The zero-order chi connectivity index (χ0) is 16.4. The Balaban J connectivity index is 0.000000261. The van der Waals surface area contributed by atoms with Crippen molar-refractivity contribution in [3.8, 4) is 0 Å². The van der Waals surface area contributed by atoms with Crippen LogP contribution < -0.4 is 10.6 Å². The summed E-state index contributed by atoms with van der Waals surface area (Å²) in [5, 5.41) is 13.8. The van der Waals surface area contributed by atoms with Crippen molar-refractivity contribution in [2.24, 2.45) is 0 Å². The highest BCUT2D eigenvalue weighted by Crippen LogP contribution is 2.09. The lowest BCUT2D eigenvalue weighted by molar-refractivity contribution is 0.0253. The van der Waals surface area contributed by atoms with Crippen LogP contribution in [0.1, 0.15) is 39.2 Å². The Kier molecular flexibility index (Phi) is 7.91. The molecule has 1 atom stereocenters. The van der Waals surface area contributed by atoms with Gasteiger partial charge >= 0.3 is 6.09 Å². The van der Waals surface area contributed by atoms with Crippen LogP contribution in [0, 0.1) is 0 Å². The molecule has 0 radical (unpaired) electrons. The molecule has 5 nitrogen and oxygen atoms in total. The maximum absolute atomic E-state index is 9.90. The predicted octanol–water partition coefficient (Wildman–Crippen LogP) is 3.01. The molecular weight excluding hydrogens is 280 g/mol. The van der Waals surface area contributed by atoms with Gasteiger partial charge in [-0.2, -0.15) is 0 Å². The van der Waals surface area contributed by atoms with Gasteiger partial charge in [0.05, 0.1) is 12.7 Å². The molecule has 22 heavy (non-hydrogen) atoms. The smallest absolute Gasteiger partial charge is 0.405 e. The quantitative estimate of drug-likeness (QED) is 0.803. The van der Waals surface area contributed by atoms with E-state index >= 15 is 0 Å². The van der Waals surface area contributed by atoms with Gasteiger partial charge in [0, 0.05) is 12.1 Å². The molecule has 1 saturated heterocycles. The van der Waals surface area contributed by atoms with Crippen molar-refractivity contribution < 1.29 is 14.6 Å². The Labute approximate surface area is 133 Å². The number of benzene rings is 1. The Morgan fingerprint density at radius 2 is 2.05 bits per heavy atom.